The van der Waals surface area contributed by atoms with Gasteiger partial charge in [-0.25, -0.2) is 0 Å². The molecule has 0 bridgehead atoms. The molecule has 1 aliphatic rings. The lowest BCUT2D eigenvalue weighted by Gasteiger charge is -2.30. The van der Waals surface area contributed by atoms with E-state index < -0.39 is 0 Å². The van der Waals surface area contributed by atoms with Gasteiger partial charge in [-0.15, -0.1) is 0 Å². The van der Waals surface area contributed by atoms with Crippen molar-refractivity contribution in [2.24, 2.45) is 7.05 Å². The van der Waals surface area contributed by atoms with Crippen molar-refractivity contribution in [1.82, 2.24) is 9.78 Å². The highest BCUT2D eigenvalue weighted by Crippen LogP contribution is 2.28. The summed E-state index contributed by atoms with van der Waals surface area (Å²) in [5.41, 5.74) is 3.91. The quantitative estimate of drug-likeness (QED) is 0.722. The molecule has 0 unspecified atom stereocenters. The molecule has 0 atom stereocenters. The molecule has 1 fully saturated rings. The molecule has 0 radical (unpaired) electrons. The summed E-state index contributed by atoms with van der Waals surface area (Å²) in [6, 6.07) is 17.3. The molecule has 4 rings (SSSR count). The van der Waals surface area contributed by atoms with E-state index in [1.54, 1.807) is 17.9 Å². The molecule has 2 aromatic carbocycles. The molecule has 1 N–H and O–H groups in total. The highest BCUT2D eigenvalue weighted by atomic mass is 16.5. The van der Waals surface area contributed by atoms with Gasteiger partial charge in [-0.3, -0.25) is 9.48 Å². The number of amides is 1. The van der Waals surface area contributed by atoms with Gasteiger partial charge in [0.15, 0.2) is 5.69 Å². The van der Waals surface area contributed by atoms with Gasteiger partial charge in [-0.1, -0.05) is 24.3 Å². The fourth-order valence-corrected chi connectivity index (χ4v) is 3.48. The van der Waals surface area contributed by atoms with Crippen LogP contribution < -0.4 is 15.0 Å². The normalized spacial score (nSPS) is 13.9. The molecule has 7 heteroatoms. The molecule has 0 aliphatic carbocycles. The zero-order valence-corrected chi connectivity index (χ0v) is 16.6. The monoisotopic (exact) mass is 392 g/mol. The summed E-state index contributed by atoms with van der Waals surface area (Å²) >= 11 is 0. The minimum Gasteiger partial charge on any atom is -0.497 e. The van der Waals surface area contributed by atoms with E-state index in [1.807, 2.05) is 55.6 Å². The number of morpholine rings is 1. The number of rotatable bonds is 5. The first-order valence-electron chi connectivity index (χ1n) is 9.57. The van der Waals surface area contributed by atoms with Crippen molar-refractivity contribution in [2.75, 3.05) is 43.6 Å². The summed E-state index contributed by atoms with van der Waals surface area (Å²) in [7, 11) is 3.46. The Morgan fingerprint density at radius 3 is 2.69 bits per heavy atom. The number of carbonyl (C=O) groups is 1. The first kappa shape index (κ1) is 19.0. The van der Waals surface area contributed by atoms with Crippen LogP contribution in [0.15, 0.2) is 54.6 Å². The molecule has 150 valence electrons. The fourth-order valence-electron chi connectivity index (χ4n) is 3.48. The number of benzene rings is 2. The molecule has 1 aliphatic heterocycles. The molecule has 0 saturated carbocycles. The molecule has 1 saturated heterocycles. The summed E-state index contributed by atoms with van der Waals surface area (Å²) in [5.74, 6) is 0.518. The summed E-state index contributed by atoms with van der Waals surface area (Å²) in [5, 5.41) is 7.43. The van der Waals surface area contributed by atoms with Crippen LogP contribution in [0.1, 0.15) is 10.5 Å². The second kappa shape index (κ2) is 8.36. The number of aromatic nitrogens is 2. The molecule has 29 heavy (non-hydrogen) atoms. The minimum absolute atomic E-state index is 0.240. The predicted octanol–water partition coefficient (Wildman–Crippen LogP) is 3.18. The highest BCUT2D eigenvalue weighted by Gasteiger charge is 2.18. The zero-order valence-electron chi connectivity index (χ0n) is 16.6. The lowest BCUT2D eigenvalue weighted by molar-refractivity contribution is 0.102. The third-order valence-electron chi connectivity index (χ3n) is 4.98. The lowest BCUT2D eigenvalue weighted by Crippen LogP contribution is -2.36. The van der Waals surface area contributed by atoms with Crippen LogP contribution in [-0.2, 0) is 11.8 Å². The van der Waals surface area contributed by atoms with Crippen molar-refractivity contribution in [3.63, 3.8) is 0 Å². The third kappa shape index (κ3) is 4.09. The Labute approximate surface area is 169 Å². The number of hydrogen-bond acceptors (Lipinski definition) is 5. The number of anilines is 2. The number of aryl methyl sites for hydroxylation is 1. The van der Waals surface area contributed by atoms with Crippen LogP contribution in [0.25, 0.3) is 11.3 Å². The third-order valence-corrected chi connectivity index (χ3v) is 4.98. The number of hydrogen-bond donors (Lipinski definition) is 1. The molecule has 1 aromatic heterocycles. The number of para-hydroxylation sites is 2. The Balaban J connectivity index is 1.57. The van der Waals surface area contributed by atoms with Crippen LogP contribution in [0.5, 0.6) is 5.75 Å². The minimum atomic E-state index is -0.240. The average Bonchev–Trinajstić information content (AvgIpc) is 3.16. The van der Waals surface area contributed by atoms with Crippen molar-refractivity contribution >= 4 is 17.3 Å². The summed E-state index contributed by atoms with van der Waals surface area (Å²) in [4.78, 5) is 15.1. The summed E-state index contributed by atoms with van der Waals surface area (Å²) in [6.07, 6.45) is 0. The van der Waals surface area contributed by atoms with E-state index in [4.69, 9.17) is 9.47 Å². The van der Waals surface area contributed by atoms with Crippen LogP contribution in [0.4, 0.5) is 11.4 Å². The van der Waals surface area contributed by atoms with Crippen LogP contribution in [-0.4, -0.2) is 49.1 Å². The molecular formula is C22H24N4O3. The Morgan fingerprint density at radius 1 is 1.10 bits per heavy atom. The van der Waals surface area contributed by atoms with Crippen LogP contribution in [0.2, 0.25) is 0 Å². The zero-order chi connectivity index (χ0) is 20.2. The van der Waals surface area contributed by atoms with Gasteiger partial charge in [0, 0.05) is 25.7 Å². The second-order valence-corrected chi connectivity index (χ2v) is 6.84. The lowest BCUT2D eigenvalue weighted by atomic mass is 10.1. The first-order chi connectivity index (χ1) is 14.2. The number of methoxy groups -OCH3 is 1. The Kier molecular flexibility index (Phi) is 5.48. The predicted molar refractivity (Wildman–Crippen MR) is 113 cm³/mol. The smallest absolute Gasteiger partial charge is 0.276 e. The van der Waals surface area contributed by atoms with Crippen LogP contribution in [0.3, 0.4) is 0 Å². The van der Waals surface area contributed by atoms with Gasteiger partial charge < -0.3 is 19.7 Å². The van der Waals surface area contributed by atoms with Gasteiger partial charge >= 0.3 is 0 Å². The molecule has 2 heterocycles. The highest BCUT2D eigenvalue weighted by molar-refractivity contribution is 6.05. The molecule has 3 aromatic rings. The number of ether oxygens (including phenoxy) is 2. The Hall–Kier alpha value is -3.32. The van der Waals surface area contributed by atoms with E-state index >= 15 is 0 Å². The second-order valence-electron chi connectivity index (χ2n) is 6.84. The number of carbonyl (C=O) groups excluding carboxylic acids is 1. The van der Waals surface area contributed by atoms with Gasteiger partial charge in [0.1, 0.15) is 5.75 Å². The van der Waals surface area contributed by atoms with E-state index in [0.717, 1.165) is 41.5 Å². The topological polar surface area (TPSA) is 68.6 Å². The van der Waals surface area contributed by atoms with Gasteiger partial charge in [0.05, 0.1) is 37.4 Å². The first-order valence-corrected chi connectivity index (χ1v) is 9.57. The maximum Gasteiger partial charge on any atom is 0.276 e. The van der Waals surface area contributed by atoms with Crippen molar-refractivity contribution in [3.8, 4) is 17.0 Å². The van der Waals surface area contributed by atoms with E-state index in [-0.39, 0.29) is 5.91 Å². The van der Waals surface area contributed by atoms with Crippen molar-refractivity contribution in [1.29, 1.82) is 0 Å². The number of nitrogens with zero attached hydrogens (tertiary/aromatic N) is 3. The van der Waals surface area contributed by atoms with Crippen molar-refractivity contribution in [3.05, 3.63) is 60.3 Å². The summed E-state index contributed by atoms with van der Waals surface area (Å²) in [6.45, 7) is 2.98. The maximum atomic E-state index is 12.9. The largest absolute Gasteiger partial charge is 0.497 e. The Morgan fingerprint density at radius 2 is 1.90 bits per heavy atom. The molecular weight excluding hydrogens is 368 g/mol. The van der Waals surface area contributed by atoms with Gasteiger partial charge in [-0.2, -0.15) is 5.10 Å². The number of nitrogens with one attached hydrogen (secondary N) is 1. The standard InChI is InChI=1S/C22H24N4O3/c1-25-21(16-6-5-7-17(14-16)28-2)15-19(24-25)22(27)23-18-8-3-4-9-20(18)26-10-12-29-13-11-26/h3-9,14-15H,10-13H2,1-2H3,(H,23,27). The fraction of sp³-hybridized carbons (Fsp3) is 0.273. The van der Waals surface area contributed by atoms with E-state index in [9.17, 15) is 4.79 Å². The molecule has 7 nitrogen and oxygen atoms in total. The molecule has 0 spiro atoms. The van der Waals surface area contributed by atoms with E-state index in [2.05, 4.69) is 15.3 Å². The van der Waals surface area contributed by atoms with Crippen molar-refractivity contribution in [2.45, 2.75) is 0 Å². The van der Waals surface area contributed by atoms with Gasteiger partial charge in [0.25, 0.3) is 5.91 Å². The summed E-state index contributed by atoms with van der Waals surface area (Å²) < 4.78 is 12.4. The average molecular weight is 392 g/mol. The van der Waals surface area contributed by atoms with Crippen LogP contribution >= 0.6 is 0 Å². The van der Waals surface area contributed by atoms with Gasteiger partial charge in [0.2, 0.25) is 0 Å². The van der Waals surface area contributed by atoms with Crippen LogP contribution in [0, 0.1) is 0 Å². The Bertz CT molecular complexity index is 1010. The van der Waals surface area contributed by atoms with E-state index in [0.29, 0.717) is 18.9 Å². The van der Waals surface area contributed by atoms with E-state index in [1.165, 1.54) is 0 Å². The molecule has 1 amide bonds. The SMILES string of the molecule is COc1cccc(-c2cc(C(=O)Nc3ccccc3N3CCOCC3)nn2C)c1. The maximum absolute atomic E-state index is 12.9. The van der Waals surface area contributed by atoms with Crippen molar-refractivity contribution < 1.29 is 14.3 Å². The van der Waals surface area contributed by atoms with Gasteiger partial charge in [-0.05, 0) is 30.3 Å².